The molecule has 0 atom stereocenters. The molecule has 0 fully saturated rings. The average Bonchev–Trinajstić information content (AvgIpc) is 2.64. The van der Waals surface area contributed by atoms with Crippen molar-refractivity contribution in [3.8, 4) is 0 Å². The Balaban J connectivity index is 2.15. The SMILES string of the molecule is CCCOC(=O)CCn1ccnn1. The van der Waals surface area contributed by atoms with Crippen LogP contribution in [-0.4, -0.2) is 27.6 Å². The molecule has 5 heteroatoms. The molecular formula is C8H13N3O2. The third-order valence-corrected chi connectivity index (χ3v) is 1.48. The number of esters is 1. The van der Waals surface area contributed by atoms with Crippen LogP contribution in [0.5, 0.6) is 0 Å². The number of hydrogen-bond donors (Lipinski definition) is 0. The fraction of sp³-hybridized carbons (Fsp3) is 0.625. The van der Waals surface area contributed by atoms with Gasteiger partial charge in [0, 0.05) is 6.20 Å². The lowest BCUT2D eigenvalue weighted by Gasteiger charge is -2.02. The second-order valence-corrected chi connectivity index (χ2v) is 2.64. The Morgan fingerprint density at radius 1 is 1.62 bits per heavy atom. The molecule has 1 aromatic rings. The molecule has 1 heterocycles. The van der Waals surface area contributed by atoms with Crippen molar-refractivity contribution < 1.29 is 9.53 Å². The van der Waals surface area contributed by atoms with Crippen LogP contribution in [0.1, 0.15) is 19.8 Å². The molecule has 72 valence electrons. The molecule has 0 bridgehead atoms. The van der Waals surface area contributed by atoms with Crippen molar-refractivity contribution in [1.82, 2.24) is 15.0 Å². The van der Waals surface area contributed by atoms with Crippen LogP contribution in [0.15, 0.2) is 12.4 Å². The highest BCUT2D eigenvalue weighted by Gasteiger charge is 2.02. The van der Waals surface area contributed by atoms with Gasteiger partial charge in [0.2, 0.25) is 0 Å². The Bertz CT molecular complexity index is 246. The predicted molar refractivity (Wildman–Crippen MR) is 45.9 cm³/mol. The van der Waals surface area contributed by atoms with E-state index in [2.05, 4.69) is 10.3 Å². The molecule has 0 unspecified atom stereocenters. The summed E-state index contributed by atoms with van der Waals surface area (Å²) in [5.41, 5.74) is 0. The summed E-state index contributed by atoms with van der Waals surface area (Å²) in [5, 5.41) is 7.35. The standard InChI is InChI=1S/C8H13N3O2/c1-2-7-13-8(12)3-5-11-6-4-9-10-11/h4,6H,2-3,5,7H2,1H3. The summed E-state index contributed by atoms with van der Waals surface area (Å²) in [4.78, 5) is 11.0. The summed E-state index contributed by atoms with van der Waals surface area (Å²) >= 11 is 0. The van der Waals surface area contributed by atoms with Gasteiger partial charge < -0.3 is 4.74 Å². The van der Waals surface area contributed by atoms with E-state index in [-0.39, 0.29) is 5.97 Å². The van der Waals surface area contributed by atoms with Crippen molar-refractivity contribution in [2.24, 2.45) is 0 Å². The number of aryl methyl sites for hydroxylation is 1. The fourth-order valence-electron chi connectivity index (χ4n) is 0.846. The molecule has 0 aliphatic heterocycles. The van der Waals surface area contributed by atoms with Gasteiger partial charge in [-0.05, 0) is 6.42 Å². The highest BCUT2D eigenvalue weighted by molar-refractivity contribution is 5.69. The second-order valence-electron chi connectivity index (χ2n) is 2.64. The molecule has 0 spiro atoms. The van der Waals surface area contributed by atoms with Gasteiger partial charge in [0.1, 0.15) is 0 Å². The third-order valence-electron chi connectivity index (χ3n) is 1.48. The number of carbonyl (C=O) groups is 1. The molecule has 0 N–H and O–H groups in total. The number of carbonyl (C=O) groups excluding carboxylic acids is 1. The minimum atomic E-state index is -0.183. The van der Waals surface area contributed by atoms with E-state index >= 15 is 0 Å². The van der Waals surface area contributed by atoms with E-state index in [0.717, 1.165) is 6.42 Å². The van der Waals surface area contributed by atoms with Gasteiger partial charge in [-0.2, -0.15) is 0 Å². The maximum absolute atomic E-state index is 11.0. The Morgan fingerprint density at radius 3 is 3.08 bits per heavy atom. The normalized spacial score (nSPS) is 9.92. The Morgan fingerprint density at radius 2 is 2.46 bits per heavy atom. The van der Waals surface area contributed by atoms with E-state index in [4.69, 9.17) is 4.74 Å². The van der Waals surface area contributed by atoms with Crippen LogP contribution in [0.2, 0.25) is 0 Å². The lowest BCUT2D eigenvalue weighted by atomic mass is 10.4. The molecule has 0 radical (unpaired) electrons. The smallest absolute Gasteiger partial charge is 0.307 e. The summed E-state index contributed by atoms with van der Waals surface area (Å²) in [5.74, 6) is -0.183. The lowest BCUT2D eigenvalue weighted by Crippen LogP contribution is -2.10. The van der Waals surface area contributed by atoms with Crippen LogP contribution in [0.3, 0.4) is 0 Å². The lowest BCUT2D eigenvalue weighted by molar-refractivity contribution is -0.143. The van der Waals surface area contributed by atoms with Gasteiger partial charge in [-0.3, -0.25) is 9.48 Å². The summed E-state index contributed by atoms with van der Waals surface area (Å²) in [6, 6.07) is 0. The molecule has 1 aromatic heterocycles. The molecule has 1 rings (SSSR count). The first kappa shape index (κ1) is 9.70. The minimum absolute atomic E-state index is 0.183. The van der Waals surface area contributed by atoms with Crippen molar-refractivity contribution >= 4 is 5.97 Å². The molecule has 0 saturated carbocycles. The fourth-order valence-corrected chi connectivity index (χ4v) is 0.846. The van der Waals surface area contributed by atoms with E-state index in [9.17, 15) is 4.79 Å². The quantitative estimate of drug-likeness (QED) is 0.628. The van der Waals surface area contributed by atoms with Gasteiger partial charge >= 0.3 is 5.97 Å². The van der Waals surface area contributed by atoms with Crippen molar-refractivity contribution in [2.75, 3.05) is 6.61 Å². The van der Waals surface area contributed by atoms with Crippen LogP contribution >= 0.6 is 0 Å². The van der Waals surface area contributed by atoms with E-state index < -0.39 is 0 Å². The van der Waals surface area contributed by atoms with E-state index in [1.807, 2.05) is 6.92 Å². The molecule has 0 saturated heterocycles. The summed E-state index contributed by atoms with van der Waals surface area (Å²) in [6.07, 6.45) is 4.50. The minimum Gasteiger partial charge on any atom is -0.466 e. The average molecular weight is 183 g/mol. The number of hydrogen-bond acceptors (Lipinski definition) is 4. The first-order valence-electron chi connectivity index (χ1n) is 4.32. The molecule has 0 amide bonds. The number of nitrogens with zero attached hydrogens (tertiary/aromatic N) is 3. The number of aromatic nitrogens is 3. The molecule has 0 aromatic carbocycles. The number of ether oxygens (including phenoxy) is 1. The van der Waals surface area contributed by atoms with Crippen LogP contribution in [0.4, 0.5) is 0 Å². The topological polar surface area (TPSA) is 57.0 Å². The van der Waals surface area contributed by atoms with Gasteiger partial charge in [0.15, 0.2) is 0 Å². The summed E-state index contributed by atoms with van der Waals surface area (Å²) in [7, 11) is 0. The zero-order valence-electron chi connectivity index (χ0n) is 7.64. The van der Waals surface area contributed by atoms with E-state index in [1.165, 1.54) is 0 Å². The van der Waals surface area contributed by atoms with Crippen LogP contribution < -0.4 is 0 Å². The third kappa shape index (κ3) is 3.68. The van der Waals surface area contributed by atoms with E-state index in [0.29, 0.717) is 19.6 Å². The Kier molecular flexibility index (Phi) is 3.95. The Labute approximate surface area is 76.7 Å². The van der Waals surface area contributed by atoms with Gasteiger partial charge in [-0.25, -0.2) is 0 Å². The molecular weight excluding hydrogens is 170 g/mol. The summed E-state index contributed by atoms with van der Waals surface area (Å²) < 4.78 is 6.49. The van der Waals surface area contributed by atoms with E-state index in [1.54, 1.807) is 17.1 Å². The van der Waals surface area contributed by atoms with Gasteiger partial charge in [0.25, 0.3) is 0 Å². The molecule has 0 aliphatic carbocycles. The highest BCUT2D eigenvalue weighted by Crippen LogP contribution is 1.92. The Hall–Kier alpha value is -1.39. The van der Waals surface area contributed by atoms with Crippen molar-refractivity contribution in [3.63, 3.8) is 0 Å². The first-order chi connectivity index (χ1) is 6.33. The number of rotatable bonds is 5. The molecule has 0 aliphatic rings. The van der Waals surface area contributed by atoms with Gasteiger partial charge in [0.05, 0.1) is 25.8 Å². The molecule has 5 nitrogen and oxygen atoms in total. The van der Waals surface area contributed by atoms with Crippen LogP contribution in [0.25, 0.3) is 0 Å². The monoisotopic (exact) mass is 183 g/mol. The summed E-state index contributed by atoms with van der Waals surface area (Å²) in [6.45, 7) is 2.99. The first-order valence-corrected chi connectivity index (χ1v) is 4.32. The highest BCUT2D eigenvalue weighted by atomic mass is 16.5. The molecule has 13 heavy (non-hydrogen) atoms. The largest absolute Gasteiger partial charge is 0.466 e. The van der Waals surface area contributed by atoms with Crippen molar-refractivity contribution in [3.05, 3.63) is 12.4 Å². The van der Waals surface area contributed by atoms with Crippen molar-refractivity contribution in [1.29, 1.82) is 0 Å². The van der Waals surface area contributed by atoms with Crippen LogP contribution in [-0.2, 0) is 16.1 Å². The van der Waals surface area contributed by atoms with Crippen molar-refractivity contribution in [2.45, 2.75) is 26.3 Å². The zero-order valence-corrected chi connectivity index (χ0v) is 7.64. The predicted octanol–water partition coefficient (Wildman–Crippen LogP) is 0.621. The van der Waals surface area contributed by atoms with Gasteiger partial charge in [-0.1, -0.05) is 12.1 Å². The maximum Gasteiger partial charge on any atom is 0.307 e. The zero-order chi connectivity index (χ0) is 9.52. The van der Waals surface area contributed by atoms with Crippen LogP contribution in [0, 0.1) is 0 Å². The van der Waals surface area contributed by atoms with Gasteiger partial charge in [-0.15, -0.1) is 5.10 Å². The second kappa shape index (κ2) is 5.29. The maximum atomic E-state index is 11.0.